The number of hydrogen-bond donors (Lipinski definition) is 1. The highest BCUT2D eigenvalue weighted by Gasteiger charge is 2.20. The summed E-state index contributed by atoms with van der Waals surface area (Å²) in [4.78, 5) is 0. The van der Waals surface area contributed by atoms with Crippen molar-refractivity contribution in [1.29, 1.82) is 0 Å². The van der Waals surface area contributed by atoms with Crippen LogP contribution in [0.4, 0.5) is 0 Å². The van der Waals surface area contributed by atoms with E-state index in [1.165, 1.54) is 25.7 Å². The summed E-state index contributed by atoms with van der Waals surface area (Å²) in [5, 5.41) is 0.850. The minimum absolute atomic E-state index is 0.261. The molecule has 0 saturated heterocycles. The first kappa shape index (κ1) is 13.3. The molecule has 2 N–H and O–H groups in total. The average Bonchev–Trinajstić information content (AvgIpc) is 2.24. The zero-order valence-electron chi connectivity index (χ0n) is 10.1. The van der Waals surface area contributed by atoms with Gasteiger partial charge >= 0.3 is 0 Å². The van der Waals surface area contributed by atoms with E-state index in [1.807, 2.05) is 6.92 Å². The van der Waals surface area contributed by atoms with Gasteiger partial charge in [0.2, 0.25) is 0 Å². The summed E-state index contributed by atoms with van der Waals surface area (Å²) in [6, 6.07) is 0. The highest BCUT2D eigenvalue weighted by molar-refractivity contribution is 7.99. The molecule has 0 radical (unpaired) electrons. The third-order valence-corrected chi connectivity index (χ3v) is 4.54. The predicted molar refractivity (Wildman–Crippen MR) is 68.3 cm³/mol. The molecule has 1 aliphatic carbocycles. The Morgan fingerprint density at radius 3 is 2.87 bits per heavy atom. The summed E-state index contributed by atoms with van der Waals surface area (Å²) in [6.45, 7) is 5.85. The summed E-state index contributed by atoms with van der Waals surface area (Å²) >= 11 is 2.07. The molecule has 0 heterocycles. The third kappa shape index (κ3) is 5.23. The Balaban J connectivity index is 2.16. The molecule has 0 aliphatic heterocycles. The monoisotopic (exact) mass is 231 g/mol. The number of hydrogen-bond acceptors (Lipinski definition) is 3. The van der Waals surface area contributed by atoms with Crippen LogP contribution in [0.3, 0.4) is 0 Å². The molecule has 1 fully saturated rings. The van der Waals surface area contributed by atoms with Gasteiger partial charge in [0.25, 0.3) is 0 Å². The Hall–Kier alpha value is 0.270. The van der Waals surface area contributed by atoms with Crippen molar-refractivity contribution in [2.75, 3.05) is 18.9 Å². The molecule has 1 aliphatic rings. The van der Waals surface area contributed by atoms with E-state index in [1.54, 1.807) is 0 Å². The lowest BCUT2D eigenvalue weighted by molar-refractivity contribution is 0.0857. The summed E-state index contributed by atoms with van der Waals surface area (Å²) in [5.41, 5.74) is 5.66. The van der Waals surface area contributed by atoms with Gasteiger partial charge in [-0.15, -0.1) is 0 Å². The molecule has 0 spiro atoms. The van der Waals surface area contributed by atoms with E-state index in [0.717, 1.165) is 23.5 Å². The molecule has 0 aromatic rings. The van der Waals surface area contributed by atoms with Crippen molar-refractivity contribution in [2.24, 2.45) is 11.7 Å². The smallest absolute Gasteiger partial charge is 0.0787 e. The maximum Gasteiger partial charge on any atom is 0.0787 e. The highest BCUT2D eigenvalue weighted by Crippen LogP contribution is 2.32. The van der Waals surface area contributed by atoms with E-state index >= 15 is 0 Å². The van der Waals surface area contributed by atoms with Crippen molar-refractivity contribution >= 4 is 11.8 Å². The van der Waals surface area contributed by atoms with Crippen LogP contribution in [-0.2, 0) is 4.74 Å². The van der Waals surface area contributed by atoms with Gasteiger partial charge in [0.1, 0.15) is 0 Å². The first-order valence-corrected chi connectivity index (χ1v) is 7.24. The van der Waals surface area contributed by atoms with Crippen molar-refractivity contribution in [2.45, 2.75) is 50.9 Å². The van der Waals surface area contributed by atoms with Crippen LogP contribution < -0.4 is 5.73 Å². The van der Waals surface area contributed by atoms with Crippen LogP contribution in [0.15, 0.2) is 0 Å². The molecule has 90 valence electrons. The summed E-state index contributed by atoms with van der Waals surface area (Å²) < 4.78 is 5.56. The van der Waals surface area contributed by atoms with Crippen LogP contribution >= 0.6 is 11.8 Å². The van der Waals surface area contributed by atoms with Crippen LogP contribution in [0, 0.1) is 5.92 Å². The van der Waals surface area contributed by atoms with Gasteiger partial charge in [0, 0.05) is 24.2 Å². The van der Waals surface area contributed by atoms with Crippen LogP contribution in [0.5, 0.6) is 0 Å². The SMILES string of the molecule is CCOC(CN)CSC1CCCC(C)C1. The largest absolute Gasteiger partial charge is 0.376 e. The molecule has 1 rings (SSSR count). The fourth-order valence-corrected chi connectivity index (χ4v) is 3.71. The molecular formula is C12H25NOS. The van der Waals surface area contributed by atoms with E-state index in [2.05, 4.69) is 18.7 Å². The van der Waals surface area contributed by atoms with Gasteiger partial charge in [-0.2, -0.15) is 11.8 Å². The second kappa shape index (κ2) is 7.53. The summed E-state index contributed by atoms with van der Waals surface area (Å²) in [5.74, 6) is 1.99. The molecule has 15 heavy (non-hydrogen) atoms. The third-order valence-electron chi connectivity index (χ3n) is 3.07. The van der Waals surface area contributed by atoms with Gasteiger partial charge in [0.15, 0.2) is 0 Å². The molecule has 2 nitrogen and oxygen atoms in total. The molecule has 0 amide bonds. The summed E-state index contributed by atoms with van der Waals surface area (Å²) in [6.07, 6.45) is 5.85. The first-order valence-electron chi connectivity index (χ1n) is 6.19. The maximum absolute atomic E-state index is 5.66. The average molecular weight is 231 g/mol. The number of thioether (sulfide) groups is 1. The lowest BCUT2D eigenvalue weighted by atomic mass is 9.91. The maximum atomic E-state index is 5.66. The Bertz CT molecular complexity index is 166. The molecule has 1 saturated carbocycles. The van der Waals surface area contributed by atoms with E-state index in [0.29, 0.717) is 6.54 Å². The molecule has 0 bridgehead atoms. The first-order chi connectivity index (χ1) is 7.26. The van der Waals surface area contributed by atoms with E-state index in [-0.39, 0.29) is 6.10 Å². The predicted octanol–water partition coefficient (Wildman–Crippen LogP) is 2.66. The van der Waals surface area contributed by atoms with Gasteiger partial charge in [-0.05, 0) is 25.7 Å². The topological polar surface area (TPSA) is 35.2 Å². The number of ether oxygens (including phenoxy) is 1. The fourth-order valence-electron chi connectivity index (χ4n) is 2.19. The van der Waals surface area contributed by atoms with Crippen molar-refractivity contribution < 1.29 is 4.74 Å². The minimum atomic E-state index is 0.261. The Morgan fingerprint density at radius 2 is 2.27 bits per heavy atom. The van der Waals surface area contributed by atoms with Crippen LogP contribution in [0.2, 0.25) is 0 Å². The standard InChI is InChI=1S/C12H25NOS/c1-3-14-11(8-13)9-15-12-6-4-5-10(2)7-12/h10-12H,3-9,13H2,1-2H3. The normalized spacial score (nSPS) is 29.0. The van der Waals surface area contributed by atoms with Gasteiger partial charge in [-0.25, -0.2) is 0 Å². The zero-order valence-corrected chi connectivity index (χ0v) is 10.9. The van der Waals surface area contributed by atoms with E-state index < -0.39 is 0 Å². The fraction of sp³-hybridized carbons (Fsp3) is 1.00. The molecule has 0 aromatic carbocycles. The van der Waals surface area contributed by atoms with Gasteiger partial charge < -0.3 is 10.5 Å². The lowest BCUT2D eigenvalue weighted by Crippen LogP contribution is -2.28. The van der Waals surface area contributed by atoms with Crippen molar-refractivity contribution in [3.05, 3.63) is 0 Å². The molecule has 3 atom stereocenters. The quantitative estimate of drug-likeness (QED) is 0.763. The van der Waals surface area contributed by atoms with Crippen molar-refractivity contribution in [3.8, 4) is 0 Å². The van der Waals surface area contributed by atoms with Gasteiger partial charge in [-0.1, -0.05) is 19.8 Å². The van der Waals surface area contributed by atoms with Gasteiger partial charge in [-0.3, -0.25) is 0 Å². The minimum Gasteiger partial charge on any atom is -0.376 e. The Morgan fingerprint density at radius 1 is 1.47 bits per heavy atom. The molecular weight excluding hydrogens is 206 g/mol. The lowest BCUT2D eigenvalue weighted by Gasteiger charge is -2.27. The van der Waals surface area contributed by atoms with E-state index in [9.17, 15) is 0 Å². The van der Waals surface area contributed by atoms with Crippen LogP contribution in [-0.4, -0.2) is 30.3 Å². The highest BCUT2D eigenvalue weighted by atomic mass is 32.2. The van der Waals surface area contributed by atoms with Crippen molar-refractivity contribution in [1.82, 2.24) is 0 Å². The number of nitrogens with two attached hydrogens (primary N) is 1. The Labute approximate surface area is 98.3 Å². The molecule has 0 aromatic heterocycles. The van der Waals surface area contributed by atoms with E-state index in [4.69, 9.17) is 10.5 Å². The van der Waals surface area contributed by atoms with Gasteiger partial charge in [0.05, 0.1) is 6.10 Å². The van der Waals surface area contributed by atoms with Crippen LogP contribution in [0.25, 0.3) is 0 Å². The van der Waals surface area contributed by atoms with Crippen molar-refractivity contribution in [3.63, 3.8) is 0 Å². The second-order valence-corrected chi connectivity index (χ2v) is 5.87. The number of rotatable bonds is 6. The van der Waals surface area contributed by atoms with Crippen LogP contribution in [0.1, 0.15) is 39.5 Å². The molecule has 3 unspecified atom stereocenters. The summed E-state index contributed by atoms with van der Waals surface area (Å²) in [7, 11) is 0. The molecule has 3 heteroatoms. The Kier molecular flexibility index (Phi) is 6.69. The zero-order chi connectivity index (χ0) is 11.1. The second-order valence-electron chi connectivity index (χ2n) is 4.54.